The Morgan fingerprint density at radius 2 is 2.24 bits per heavy atom. The number of nitrogens with one attached hydrogen (secondary N) is 2. The number of carbonyl (C=O) groups is 1. The van der Waals surface area contributed by atoms with Crippen LogP contribution in [0.15, 0.2) is 16.6 Å². The molecule has 1 atom stereocenters. The Balaban J connectivity index is 2.28. The monoisotopic (exact) mass is 300 g/mol. The van der Waals surface area contributed by atoms with Gasteiger partial charge in [-0.1, -0.05) is 13.3 Å². The van der Waals surface area contributed by atoms with Crippen molar-refractivity contribution in [3.63, 3.8) is 0 Å². The molecule has 0 saturated heterocycles. The second-order valence-electron chi connectivity index (χ2n) is 4.17. The molecule has 5 heteroatoms. The van der Waals surface area contributed by atoms with Crippen LogP contribution in [0.25, 0.3) is 0 Å². The van der Waals surface area contributed by atoms with Gasteiger partial charge in [0, 0.05) is 12.6 Å². The van der Waals surface area contributed by atoms with Gasteiger partial charge in [-0.05, 0) is 28.4 Å². The lowest BCUT2D eigenvalue weighted by Gasteiger charge is -2.11. The second kappa shape index (κ2) is 5.04. The maximum Gasteiger partial charge on any atom is 0.229 e. The fraction of sp³-hybridized carbons (Fsp3) is 0.417. The van der Waals surface area contributed by atoms with E-state index in [1.165, 1.54) is 6.07 Å². The van der Waals surface area contributed by atoms with E-state index >= 15 is 0 Å². The predicted octanol–water partition coefficient (Wildman–Crippen LogP) is 3.37. The lowest BCUT2D eigenvalue weighted by molar-refractivity contribution is -0.119. The van der Waals surface area contributed by atoms with Gasteiger partial charge < -0.3 is 10.6 Å². The summed E-state index contributed by atoms with van der Waals surface area (Å²) in [6.45, 7) is 2.63. The molecule has 0 spiro atoms. The van der Waals surface area contributed by atoms with E-state index < -0.39 is 0 Å². The molecule has 1 aromatic rings. The Bertz CT molecular complexity index is 450. The van der Waals surface area contributed by atoms with Gasteiger partial charge in [-0.15, -0.1) is 0 Å². The van der Waals surface area contributed by atoms with Crippen molar-refractivity contribution in [2.75, 3.05) is 17.2 Å². The van der Waals surface area contributed by atoms with Gasteiger partial charge in [0.2, 0.25) is 5.91 Å². The number of rotatable bonds is 2. The number of anilines is 2. The number of carbonyl (C=O) groups excluding carboxylic acids is 1. The summed E-state index contributed by atoms with van der Waals surface area (Å²) in [5.41, 5.74) is 1.26. The summed E-state index contributed by atoms with van der Waals surface area (Å²) in [5.74, 6) is -0.478. The molecule has 1 aliphatic rings. The molecular formula is C12H14BrFN2O. The van der Waals surface area contributed by atoms with Crippen LogP contribution in [0, 0.1) is 11.7 Å². The van der Waals surface area contributed by atoms with E-state index in [1.54, 1.807) is 6.07 Å². The van der Waals surface area contributed by atoms with Crippen LogP contribution in [0.3, 0.4) is 0 Å². The fourth-order valence-electron chi connectivity index (χ4n) is 1.94. The van der Waals surface area contributed by atoms with E-state index in [2.05, 4.69) is 26.6 Å². The molecular weight excluding hydrogens is 287 g/mol. The van der Waals surface area contributed by atoms with E-state index in [0.29, 0.717) is 16.7 Å². The van der Waals surface area contributed by atoms with Crippen LogP contribution in [0.5, 0.6) is 0 Å². The third-order valence-corrected chi connectivity index (χ3v) is 3.47. The summed E-state index contributed by atoms with van der Waals surface area (Å²) >= 11 is 3.13. The maximum atomic E-state index is 13.4. The lowest BCUT2D eigenvalue weighted by atomic mass is 10.0. The van der Waals surface area contributed by atoms with E-state index in [4.69, 9.17) is 0 Å². The first-order chi connectivity index (χ1) is 8.11. The van der Waals surface area contributed by atoms with Gasteiger partial charge in [0.25, 0.3) is 0 Å². The topological polar surface area (TPSA) is 41.1 Å². The smallest absolute Gasteiger partial charge is 0.229 e. The van der Waals surface area contributed by atoms with Gasteiger partial charge >= 0.3 is 0 Å². The summed E-state index contributed by atoms with van der Waals surface area (Å²) < 4.78 is 13.8. The summed E-state index contributed by atoms with van der Waals surface area (Å²) in [7, 11) is 0. The average Bonchev–Trinajstić information content (AvgIpc) is 2.42. The highest BCUT2D eigenvalue weighted by Crippen LogP contribution is 2.31. The molecule has 17 heavy (non-hydrogen) atoms. The second-order valence-corrected chi connectivity index (χ2v) is 5.02. The van der Waals surface area contributed by atoms with Crippen LogP contribution in [-0.4, -0.2) is 12.5 Å². The molecule has 1 amide bonds. The van der Waals surface area contributed by atoms with E-state index in [0.717, 1.165) is 18.5 Å². The van der Waals surface area contributed by atoms with Crippen LogP contribution in [-0.2, 0) is 4.79 Å². The third-order valence-electron chi connectivity index (χ3n) is 2.87. The van der Waals surface area contributed by atoms with Crippen LogP contribution < -0.4 is 10.6 Å². The average molecular weight is 301 g/mol. The largest absolute Gasteiger partial charge is 0.383 e. The van der Waals surface area contributed by atoms with Gasteiger partial charge in [-0.25, -0.2) is 4.39 Å². The van der Waals surface area contributed by atoms with Crippen LogP contribution >= 0.6 is 15.9 Å². The van der Waals surface area contributed by atoms with Crippen LogP contribution in [0.1, 0.15) is 19.8 Å². The van der Waals surface area contributed by atoms with Crippen molar-refractivity contribution >= 4 is 33.2 Å². The van der Waals surface area contributed by atoms with E-state index in [-0.39, 0.29) is 17.6 Å². The standard InChI is InChI=1S/C12H14BrFN2O/c1-2-3-7-6-15-10-4-8(13)9(14)5-11(10)16-12(7)17/h4-5,7,15H,2-3,6H2,1H3,(H,16,17). The van der Waals surface area contributed by atoms with Crippen molar-refractivity contribution in [2.45, 2.75) is 19.8 Å². The molecule has 0 radical (unpaired) electrons. The number of halogens is 2. The van der Waals surface area contributed by atoms with E-state index in [1.807, 2.05) is 6.92 Å². The Kier molecular flexibility index (Phi) is 3.66. The van der Waals surface area contributed by atoms with Gasteiger partial charge in [0.1, 0.15) is 5.82 Å². The highest BCUT2D eigenvalue weighted by molar-refractivity contribution is 9.10. The number of benzene rings is 1. The maximum absolute atomic E-state index is 13.4. The minimum Gasteiger partial charge on any atom is -0.383 e. The molecule has 0 aliphatic carbocycles. The highest BCUT2D eigenvalue weighted by atomic mass is 79.9. The quantitative estimate of drug-likeness (QED) is 0.879. The first-order valence-electron chi connectivity index (χ1n) is 5.65. The van der Waals surface area contributed by atoms with Crippen molar-refractivity contribution in [3.05, 3.63) is 22.4 Å². The molecule has 92 valence electrons. The SMILES string of the molecule is CCCC1CNc2cc(Br)c(F)cc2NC1=O. The Morgan fingerprint density at radius 3 is 2.94 bits per heavy atom. The van der Waals surface area contributed by atoms with Gasteiger partial charge in [-0.2, -0.15) is 0 Å². The zero-order valence-electron chi connectivity index (χ0n) is 9.52. The molecule has 1 aromatic carbocycles. The zero-order chi connectivity index (χ0) is 12.4. The molecule has 2 rings (SSSR count). The molecule has 1 heterocycles. The molecule has 0 fully saturated rings. The molecule has 0 saturated carbocycles. The number of hydrogen-bond acceptors (Lipinski definition) is 2. The zero-order valence-corrected chi connectivity index (χ0v) is 11.1. The van der Waals surface area contributed by atoms with Crippen molar-refractivity contribution in [2.24, 2.45) is 5.92 Å². The van der Waals surface area contributed by atoms with Gasteiger partial charge in [0.05, 0.1) is 21.8 Å². The lowest BCUT2D eigenvalue weighted by Crippen LogP contribution is -2.25. The molecule has 2 N–H and O–H groups in total. The Morgan fingerprint density at radius 1 is 1.47 bits per heavy atom. The van der Waals surface area contributed by atoms with Crippen molar-refractivity contribution in [1.82, 2.24) is 0 Å². The molecule has 0 aromatic heterocycles. The summed E-state index contributed by atoms with van der Waals surface area (Å²) in [6, 6.07) is 2.98. The number of fused-ring (bicyclic) bond motifs is 1. The molecule has 0 bridgehead atoms. The first-order valence-corrected chi connectivity index (χ1v) is 6.45. The normalized spacial score (nSPS) is 19.0. The fourth-order valence-corrected chi connectivity index (χ4v) is 2.28. The summed E-state index contributed by atoms with van der Waals surface area (Å²) in [4.78, 5) is 11.9. The van der Waals surface area contributed by atoms with Crippen molar-refractivity contribution in [1.29, 1.82) is 0 Å². The van der Waals surface area contributed by atoms with Gasteiger partial charge in [0.15, 0.2) is 0 Å². The minimum atomic E-state index is -0.375. The van der Waals surface area contributed by atoms with Crippen LogP contribution in [0.2, 0.25) is 0 Å². The number of amides is 1. The number of hydrogen-bond donors (Lipinski definition) is 2. The van der Waals surface area contributed by atoms with Gasteiger partial charge in [-0.3, -0.25) is 4.79 Å². The third kappa shape index (κ3) is 2.60. The highest BCUT2D eigenvalue weighted by Gasteiger charge is 2.23. The van der Waals surface area contributed by atoms with Crippen molar-refractivity contribution < 1.29 is 9.18 Å². The summed E-state index contributed by atoms with van der Waals surface area (Å²) in [5, 5.41) is 5.94. The Labute approximate surface area is 108 Å². The molecule has 1 unspecified atom stereocenters. The van der Waals surface area contributed by atoms with Crippen molar-refractivity contribution in [3.8, 4) is 0 Å². The molecule has 3 nitrogen and oxygen atoms in total. The predicted molar refractivity (Wildman–Crippen MR) is 69.6 cm³/mol. The Hall–Kier alpha value is -1.10. The molecule has 1 aliphatic heterocycles. The summed E-state index contributed by atoms with van der Waals surface area (Å²) in [6.07, 6.45) is 1.78. The first kappa shape index (κ1) is 12.4. The van der Waals surface area contributed by atoms with Crippen LogP contribution in [0.4, 0.5) is 15.8 Å². The minimum absolute atomic E-state index is 0.0418. The van der Waals surface area contributed by atoms with E-state index in [9.17, 15) is 9.18 Å².